The average molecular weight is 546 g/mol. The zero-order chi connectivity index (χ0) is 15.0. The molecule has 1 aromatic heterocycles. The number of aryl methyl sites for hydroxylation is 1. The van der Waals surface area contributed by atoms with Gasteiger partial charge in [-0.3, -0.25) is 0 Å². The largest absolute Gasteiger partial charge is 0.506 e. The van der Waals surface area contributed by atoms with Crippen molar-refractivity contribution >= 4 is 67.9 Å². The SMILES string of the molecule is Cc1sc(=[N+]2CCOCC2)sc1-c1cc(I)cc(I)c1O. The molecule has 1 aromatic carbocycles. The molecule has 21 heavy (non-hydrogen) atoms. The molecule has 0 unspecified atom stereocenters. The Labute approximate surface area is 158 Å². The third-order valence-electron chi connectivity index (χ3n) is 3.29. The van der Waals surface area contributed by atoms with Crippen LogP contribution in [0.3, 0.4) is 0 Å². The standard InChI is InChI=1S/C14H13I2NO2S2/c1-8-13(10-6-9(15)7-11(16)12(10)18)21-14(20-8)17-2-4-19-5-3-17/h6-7H,2-5H2,1H3/p+1. The van der Waals surface area contributed by atoms with Gasteiger partial charge < -0.3 is 9.84 Å². The first-order valence-corrected chi connectivity index (χ1v) is 10.3. The Balaban J connectivity index is 2.14. The maximum absolute atomic E-state index is 10.4. The topological polar surface area (TPSA) is 32.5 Å². The summed E-state index contributed by atoms with van der Waals surface area (Å²) in [6.45, 7) is 5.63. The van der Waals surface area contributed by atoms with Gasteiger partial charge in [0.2, 0.25) is 0 Å². The lowest BCUT2D eigenvalue weighted by Crippen LogP contribution is -2.37. The number of morpholine rings is 1. The van der Waals surface area contributed by atoms with Gasteiger partial charge in [-0.2, -0.15) is 0 Å². The summed E-state index contributed by atoms with van der Waals surface area (Å²) in [6, 6.07) is 4.06. The molecule has 0 spiro atoms. The van der Waals surface area contributed by atoms with Gasteiger partial charge in [-0.1, -0.05) is 22.7 Å². The van der Waals surface area contributed by atoms with Gasteiger partial charge in [-0.25, -0.2) is 4.58 Å². The smallest absolute Gasteiger partial charge is 0.314 e. The molecule has 2 heterocycles. The highest BCUT2D eigenvalue weighted by atomic mass is 127. The first-order chi connectivity index (χ1) is 10.1. The zero-order valence-electron chi connectivity index (χ0n) is 11.4. The van der Waals surface area contributed by atoms with Crippen molar-refractivity contribution in [3.63, 3.8) is 0 Å². The van der Waals surface area contributed by atoms with Crippen molar-refractivity contribution in [1.82, 2.24) is 4.58 Å². The lowest BCUT2D eigenvalue weighted by atomic mass is 10.1. The Kier molecular flexibility index (Phi) is 5.24. The maximum Gasteiger partial charge on any atom is 0.314 e. The van der Waals surface area contributed by atoms with Crippen molar-refractivity contribution in [1.29, 1.82) is 0 Å². The number of rotatable bonds is 1. The second kappa shape index (κ2) is 6.81. The van der Waals surface area contributed by atoms with Gasteiger partial charge in [0.1, 0.15) is 19.0 Å². The summed E-state index contributed by atoms with van der Waals surface area (Å²) in [5, 5.41) is 10.4. The first-order valence-electron chi connectivity index (χ1n) is 6.51. The molecule has 1 aliphatic heterocycles. The van der Waals surface area contributed by atoms with Crippen LogP contribution in [0.4, 0.5) is 0 Å². The summed E-state index contributed by atoms with van der Waals surface area (Å²) in [5.41, 5.74) is 0.949. The van der Waals surface area contributed by atoms with E-state index in [1.807, 2.05) is 17.4 Å². The van der Waals surface area contributed by atoms with E-state index in [0.29, 0.717) is 5.75 Å². The van der Waals surface area contributed by atoms with Gasteiger partial charge in [-0.15, -0.1) is 0 Å². The second-order valence-electron chi connectivity index (χ2n) is 4.74. The number of benzene rings is 1. The lowest BCUT2D eigenvalue weighted by molar-refractivity contribution is 0.0976. The summed E-state index contributed by atoms with van der Waals surface area (Å²) in [4.78, 5) is 2.44. The van der Waals surface area contributed by atoms with Crippen LogP contribution in [0.2, 0.25) is 0 Å². The van der Waals surface area contributed by atoms with Crippen LogP contribution < -0.4 is 8.56 Å². The van der Waals surface area contributed by atoms with E-state index in [0.717, 1.165) is 39.0 Å². The van der Waals surface area contributed by atoms with Crippen molar-refractivity contribution in [2.24, 2.45) is 0 Å². The van der Waals surface area contributed by atoms with E-state index < -0.39 is 0 Å². The third-order valence-corrected chi connectivity index (χ3v) is 7.47. The van der Waals surface area contributed by atoms with E-state index in [9.17, 15) is 5.11 Å². The zero-order valence-corrected chi connectivity index (χ0v) is 17.3. The Morgan fingerprint density at radius 1 is 1.19 bits per heavy atom. The minimum Gasteiger partial charge on any atom is -0.506 e. The van der Waals surface area contributed by atoms with Crippen LogP contribution in [0.5, 0.6) is 5.75 Å². The predicted octanol–water partition coefficient (Wildman–Crippen LogP) is 3.50. The van der Waals surface area contributed by atoms with E-state index in [2.05, 4.69) is 62.7 Å². The number of hydrogen-bond acceptors (Lipinski definition) is 4. The molecule has 7 heteroatoms. The number of phenols is 1. The third kappa shape index (κ3) is 3.46. The molecule has 0 bridgehead atoms. The molecule has 1 aliphatic rings. The molecule has 1 N–H and O–H groups in total. The van der Waals surface area contributed by atoms with Crippen molar-refractivity contribution < 1.29 is 9.84 Å². The molecule has 0 radical (unpaired) electrons. The monoisotopic (exact) mass is 546 g/mol. The summed E-state index contributed by atoms with van der Waals surface area (Å²) < 4.78 is 11.2. The molecular weight excluding hydrogens is 532 g/mol. The molecule has 0 amide bonds. The van der Waals surface area contributed by atoms with Crippen LogP contribution >= 0.6 is 67.9 Å². The molecule has 2 aromatic rings. The Morgan fingerprint density at radius 2 is 1.90 bits per heavy atom. The number of ether oxygens (including phenoxy) is 1. The van der Waals surface area contributed by atoms with E-state index >= 15 is 0 Å². The number of aromatic hydroxyl groups is 1. The molecule has 3 rings (SSSR count). The molecular formula is C14H14I2NO2S2+. The minimum atomic E-state index is 0.390. The molecule has 0 aliphatic carbocycles. The number of phenolic OH excluding ortho intramolecular Hbond substituents is 1. The van der Waals surface area contributed by atoms with Crippen LogP contribution in [-0.4, -0.2) is 31.4 Å². The van der Waals surface area contributed by atoms with Gasteiger partial charge in [0.25, 0.3) is 0 Å². The summed E-state index contributed by atoms with van der Waals surface area (Å²) in [5.74, 6) is 0.390. The fraction of sp³-hybridized carbons (Fsp3) is 0.357. The average Bonchev–Trinajstić information content (AvgIpc) is 2.86. The van der Waals surface area contributed by atoms with Crippen molar-refractivity contribution in [2.75, 3.05) is 26.3 Å². The van der Waals surface area contributed by atoms with Gasteiger partial charge in [0, 0.05) is 14.0 Å². The van der Waals surface area contributed by atoms with Crippen LogP contribution in [0.1, 0.15) is 4.88 Å². The highest BCUT2D eigenvalue weighted by molar-refractivity contribution is 14.1. The second-order valence-corrected chi connectivity index (χ2v) is 9.61. The Morgan fingerprint density at radius 3 is 2.62 bits per heavy atom. The molecule has 1 saturated heterocycles. The number of nitrogens with zero attached hydrogens (tertiary/aromatic N) is 1. The Hall–Kier alpha value is 0.290. The van der Waals surface area contributed by atoms with Gasteiger partial charge in [0.05, 0.1) is 8.45 Å². The van der Waals surface area contributed by atoms with Crippen molar-refractivity contribution in [3.05, 3.63) is 28.1 Å². The number of hydrogen-bond donors (Lipinski definition) is 1. The van der Waals surface area contributed by atoms with E-state index in [1.54, 1.807) is 11.3 Å². The van der Waals surface area contributed by atoms with Crippen molar-refractivity contribution in [2.45, 2.75) is 6.92 Å². The van der Waals surface area contributed by atoms with Crippen LogP contribution in [0, 0.1) is 14.1 Å². The highest BCUT2D eigenvalue weighted by Gasteiger charge is 2.19. The normalized spacial score (nSPS) is 15.5. The maximum atomic E-state index is 10.4. The summed E-state index contributed by atoms with van der Waals surface area (Å²) in [6.07, 6.45) is 0. The van der Waals surface area contributed by atoms with E-state index in [4.69, 9.17) is 4.74 Å². The molecule has 1 fully saturated rings. The van der Waals surface area contributed by atoms with E-state index in [1.165, 1.54) is 13.7 Å². The highest BCUT2D eigenvalue weighted by Crippen LogP contribution is 2.39. The van der Waals surface area contributed by atoms with Crippen molar-refractivity contribution in [3.8, 4) is 16.2 Å². The van der Waals surface area contributed by atoms with E-state index in [-0.39, 0.29) is 0 Å². The summed E-state index contributed by atoms with van der Waals surface area (Å²) >= 11 is 8.07. The minimum absolute atomic E-state index is 0.390. The summed E-state index contributed by atoms with van der Waals surface area (Å²) in [7, 11) is 0. The van der Waals surface area contributed by atoms with Crippen LogP contribution in [0.15, 0.2) is 12.1 Å². The molecule has 112 valence electrons. The fourth-order valence-corrected chi connectivity index (χ4v) is 6.77. The van der Waals surface area contributed by atoms with Crippen LogP contribution in [-0.2, 0) is 4.74 Å². The quantitative estimate of drug-likeness (QED) is 0.439. The van der Waals surface area contributed by atoms with Gasteiger partial charge >= 0.3 is 3.98 Å². The molecule has 3 nitrogen and oxygen atoms in total. The van der Waals surface area contributed by atoms with Gasteiger partial charge in [-0.05, 0) is 64.2 Å². The Bertz CT molecular complexity index is 744. The molecule has 0 atom stereocenters. The number of halogens is 2. The predicted molar refractivity (Wildman–Crippen MR) is 105 cm³/mol. The van der Waals surface area contributed by atoms with Crippen LogP contribution in [0.25, 0.3) is 10.4 Å². The fourth-order valence-electron chi connectivity index (χ4n) is 2.22. The lowest BCUT2D eigenvalue weighted by Gasteiger charge is -2.08. The first kappa shape index (κ1) is 16.2. The molecule has 0 saturated carbocycles. The van der Waals surface area contributed by atoms with Gasteiger partial charge in [0.15, 0.2) is 13.1 Å².